The lowest BCUT2D eigenvalue weighted by Gasteiger charge is -2.26. The Morgan fingerprint density at radius 3 is 2.52 bits per heavy atom. The Morgan fingerprint density at radius 2 is 2.00 bits per heavy atom. The molecule has 0 radical (unpaired) electrons. The molecule has 0 saturated carbocycles. The van der Waals surface area contributed by atoms with Crippen molar-refractivity contribution >= 4 is 12.0 Å². The van der Waals surface area contributed by atoms with E-state index in [1.165, 1.54) is 19.1 Å². The van der Waals surface area contributed by atoms with E-state index < -0.39 is 23.4 Å². The fraction of sp³-hybridized carbons (Fsp3) is 0.267. The fourth-order valence-corrected chi connectivity index (χ4v) is 1.97. The molecule has 122 valence electrons. The van der Waals surface area contributed by atoms with Crippen molar-refractivity contribution in [2.24, 2.45) is 0 Å². The van der Waals surface area contributed by atoms with Crippen molar-refractivity contribution < 1.29 is 23.6 Å². The number of rotatable bonds is 5. The maximum atomic E-state index is 13.0. The van der Waals surface area contributed by atoms with Crippen LogP contribution in [-0.2, 0) is 16.9 Å². The molecule has 7 nitrogen and oxygen atoms in total. The zero-order valence-corrected chi connectivity index (χ0v) is 12.6. The number of nitrogens with one attached hydrogen (secondary N) is 2. The van der Waals surface area contributed by atoms with Crippen LogP contribution in [0.1, 0.15) is 23.9 Å². The van der Waals surface area contributed by atoms with E-state index in [1.807, 2.05) is 0 Å². The summed E-state index contributed by atoms with van der Waals surface area (Å²) in [7, 11) is 0. The summed E-state index contributed by atoms with van der Waals surface area (Å²) in [4.78, 5) is 23.5. The molecule has 0 aliphatic rings. The molecule has 2 amide bonds. The van der Waals surface area contributed by atoms with Crippen LogP contribution >= 0.6 is 0 Å². The highest BCUT2D eigenvalue weighted by Crippen LogP contribution is 2.21. The minimum absolute atomic E-state index is 0.0613. The first-order valence-corrected chi connectivity index (χ1v) is 6.79. The van der Waals surface area contributed by atoms with Gasteiger partial charge in [0.15, 0.2) is 11.3 Å². The first-order chi connectivity index (χ1) is 10.8. The third kappa shape index (κ3) is 3.85. The van der Waals surface area contributed by atoms with E-state index >= 15 is 0 Å². The van der Waals surface area contributed by atoms with Crippen LogP contribution in [0, 0.1) is 12.7 Å². The number of aromatic nitrogens is 1. The van der Waals surface area contributed by atoms with Crippen molar-refractivity contribution in [1.29, 1.82) is 0 Å². The molecule has 1 heterocycles. The predicted octanol–water partition coefficient (Wildman–Crippen LogP) is 1.92. The van der Waals surface area contributed by atoms with Gasteiger partial charge in [-0.2, -0.15) is 0 Å². The summed E-state index contributed by atoms with van der Waals surface area (Å²) in [6, 6.07) is 5.83. The Balaban J connectivity index is 2.07. The average Bonchev–Trinajstić information content (AvgIpc) is 2.91. The van der Waals surface area contributed by atoms with Crippen LogP contribution in [0.2, 0.25) is 0 Å². The van der Waals surface area contributed by atoms with Crippen molar-refractivity contribution in [3.8, 4) is 0 Å². The molecule has 0 aliphatic carbocycles. The quantitative estimate of drug-likeness (QED) is 0.780. The highest BCUT2D eigenvalue weighted by Gasteiger charge is 2.37. The van der Waals surface area contributed by atoms with Gasteiger partial charge < -0.3 is 20.3 Å². The summed E-state index contributed by atoms with van der Waals surface area (Å²) >= 11 is 0. The lowest BCUT2D eigenvalue weighted by molar-refractivity contribution is -0.144. The molecule has 3 N–H and O–H groups in total. The van der Waals surface area contributed by atoms with E-state index in [9.17, 15) is 19.1 Å². The lowest BCUT2D eigenvalue weighted by atomic mass is 9.92. The Bertz CT molecular complexity index is 714. The van der Waals surface area contributed by atoms with E-state index in [0.29, 0.717) is 11.5 Å². The number of aryl methyl sites for hydroxylation is 1. The molecule has 2 aromatic rings. The summed E-state index contributed by atoms with van der Waals surface area (Å²) in [5.41, 5.74) is -0.782. The highest BCUT2D eigenvalue weighted by molar-refractivity contribution is 5.87. The lowest BCUT2D eigenvalue weighted by Crippen LogP contribution is -2.52. The number of hydrogen-bond acceptors (Lipinski definition) is 4. The van der Waals surface area contributed by atoms with Gasteiger partial charge >= 0.3 is 12.0 Å². The molecule has 0 saturated heterocycles. The second-order valence-electron chi connectivity index (χ2n) is 5.18. The smallest absolute Gasteiger partial charge is 0.333 e. The number of nitrogens with zero attached hydrogens (tertiary/aromatic N) is 1. The van der Waals surface area contributed by atoms with Crippen LogP contribution in [0.25, 0.3) is 0 Å². The molecule has 1 atom stereocenters. The second-order valence-corrected chi connectivity index (χ2v) is 5.18. The topological polar surface area (TPSA) is 104 Å². The maximum Gasteiger partial charge on any atom is 0.333 e. The maximum absolute atomic E-state index is 13.0. The summed E-state index contributed by atoms with van der Waals surface area (Å²) in [5, 5.41) is 18.0. The Labute approximate surface area is 131 Å². The predicted molar refractivity (Wildman–Crippen MR) is 78.0 cm³/mol. The number of hydrogen-bond donors (Lipinski definition) is 3. The molecule has 0 unspecified atom stereocenters. The van der Waals surface area contributed by atoms with Gasteiger partial charge in [-0.05, 0) is 31.5 Å². The molecule has 8 heteroatoms. The van der Waals surface area contributed by atoms with Crippen molar-refractivity contribution in [2.75, 3.05) is 0 Å². The van der Waals surface area contributed by atoms with Crippen molar-refractivity contribution in [1.82, 2.24) is 15.8 Å². The minimum Gasteiger partial charge on any atom is -0.479 e. The van der Waals surface area contributed by atoms with Crippen LogP contribution in [0.5, 0.6) is 0 Å². The monoisotopic (exact) mass is 321 g/mol. The van der Waals surface area contributed by atoms with Gasteiger partial charge in [0, 0.05) is 6.07 Å². The van der Waals surface area contributed by atoms with E-state index in [4.69, 9.17) is 4.52 Å². The summed E-state index contributed by atoms with van der Waals surface area (Å²) in [6.07, 6.45) is 0. The summed E-state index contributed by atoms with van der Waals surface area (Å²) in [6.45, 7) is 3.12. The molecule has 0 bridgehead atoms. The molecule has 0 aliphatic heterocycles. The second kappa shape index (κ2) is 6.47. The number of carboxylic acid groups (broad SMARTS) is 1. The molecule has 0 spiro atoms. The van der Waals surface area contributed by atoms with E-state index in [2.05, 4.69) is 15.8 Å². The van der Waals surface area contributed by atoms with Crippen LogP contribution in [-0.4, -0.2) is 22.3 Å². The molecule has 0 fully saturated rings. The van der Waals surface area contributed by atoms with Gasteiger partial charge in [0.1, 0.15) is 5.82 Å². The molecule has 1 aromatic heterocycles. The molecule has 1 aromatic carbocycles. The first kappa shape index (κ1) is 16.5. The fourth-order valence-electron chi connectivity index (χ4n) is 1.97. The van der Waals surface area contributed by atoms with Crippen molar-refractivity contribution in [2.45, 2.75) is 25.9 Å². The van der Waals surface area contributed by atoms with Gasteiger partial charge in [-0.25, -0.2) is 14.0 Å². The SMILES string of the molecule is Cc1cc(CNC(=O)N[C@](C)(C(=O)O)c2ccc(F)cc2)on1. The van der Waals surface area contributed by atoms with E-state index in [0.717, 1.165) is 12.1 Å². The molecular formula is C15H16FN3O4. The standard InChI is InChI=1S/C15H16FN3O4/c1-9-7-12(23-19-9)8-17-14(22)18-15(2,13(20)21)10-3-5-11(16)6-4-10/h3-7H,8H2,1-2H3,(H,20,21)(H2,17,18,22)/t15-/m0/s1. The van der Waals surface area contributed by atoms with E-state index in [-0.39, 0.29) is 12.1 Å². The zero-order valence-electron chi connectivity index (χ0n) is 12.6. The van der Waals surface area contributed by atoms with Gasteiger partial charge in [-0.15, -0.1) is 0 Å². The van der Waals surface area contributed by atoms with Crippen LogP contribution in [0.4, 0.5) is 9.18 Å². The van der Waals surface area contributed by atoms with Crippen molar-refractivity contribution in [3.63, 3.8) is 0 Å². The first-order valence-electron chi connectivity index (χ1n) is 6.79. The minimum atomic E-state index is -1.70. The van der Waals surface area contributed by atoms with Crippen molar-refractivity contribution in [3.05, 3.63) is 53.2 Å². The summed E-state index contributed by atoms with van der Waals surface area (Å²) in [5.74, 6) is -1.32. The average molecular weight is 321 g/mol. The number of urea groups is 1. The van der Waals surface area contributed by atoms with Gasteiger partial charge in [0.2, 0.25) is 0 Å². The Hall–Kier alpha value is -2.90. The van der Waals surface area contributed by atoms with Gasteiger partial charge in [-0.1, -0.05) is 17.3 Å². The normalized spacial score (nSPS) is 13.2. The third-order valence-corrected chi connectivity index (χ3v) is 3.31. The van der Waals surface area contributed by atoms with E-state index in [1.54, 1.807) is 13.0 Å². The molecule has 2 rings (SSSR count). The van der Waals surface area contributed by atoms with Gasteiger partial charge in [-0.3, -0.25) is 0 Å². The third-order valence-electron chi connectivity index (χ3n) is 3.31. The number of aliphatic carboxylic acids is 1. The Morgan fingerprint density at radius 1 is 1.35 bits per heavy atom. The number of benzene rings is 1. The summed E-state index contributed by atoms with van der Waals surface area (Å²) < 4.78 is 17.9. The van der Waals surface area contributed by atoms with Gasteiger partial charge in [0.25, 0.3) is 0 Å². The van der Waals surface area contributed by atoms with Crippen LogP contribution < -0.4 is 10.6 Å². The van der Waals surface area contributed by atoms with Gasteiger partial charge in [0.05, 0.1) is 12.2 Å². The number of amides is 2. The molecular weight excluding hydrogens is 305 g/mol. The largest absolute Gasteiger partial charge is 0.479 e. The van der Waals surface area contributed by atoms with Crippen LogP contribution in [0.3, 0.4) is 0 Å². The van der Waals surface area contributed by atoms with Crippen LogP contribution in [0.15, 0.2) is 34.9 Å². The highest BCUT2D eigenvalue weighted by atomic mass is 19.1. The molecule has 23 heavy (non-hydrogen) atoms. The Kier molecular flexibility index (Phi) is 4.63. The number of carbonyl (C=O) groups excluding carboxylic acids is 1. The number of halogens is 1. The number of carboxylic acids is 1. The zero-order chi connectivity index (χ0) is 17.0. The number of carbonyl (C=O) groups is 2.